The van der Waals surface area contributed by atoms with Gasteiger partial charge in [0, 0.05) is 32.0 Å². The molecule has 3 rings (SSSR count). The Morgan fingerprint density at radius 3 is 2.65 bits per heavy atom. The highest BCUT2D eigenvalue weighted by Gasteiger charge is 2.16. The standard InChI is InChI=1S/C15H17Cl2N3O.2ClH/c16-12-2-1-3-13(17)14(12)15-19-5-8-20(15)7-4-11-10-18-6-9-21-11;;/h1-3,5,8,11,18H,4,6-7,9-10H2;2*1H. The van der Waals surface area contributed by atoms with E-state index in [1.165, 1.54) is 0 Å². The predicted octanol–water partition coefficient (Wildman–Crippen LogP) is 4.08. The van der Waals surface area contributed by atoms with Gasteiger partial charge in [0.25, 0.3) is 0 Å². The lowest BCUT2D eigenvalue weighted by Crippen LogP contribution is -2.38. The third-order valence-electron chi connectivity index (χ3n) is 3.60. The second kappa shape index (κ2) is 9.72. The van der Waals surface area contributed by atoms with E-state index >= 15 is 0 Å². The molecule has 1 aromatic carbocycles. The molecule has 0 spiro atoms. The molecule has 0 radical (unpaired) electrons. The van der Waals surface area contributed by atoms with Crippen molar-refractivity contribution in [3.8, 4) is 11.4 Å². The first-order valence-electron chi connectivity index (χ1n) is 7.03. The van der Waals surface area contributed by atoms with Gasteiger partial charge < -0.3 is 14.6 Å². The number of hydrogen-bond acceptors (Lipinski definition) is 3. The van der Waals surface area contributed by atoms with Gasteiger partial charge in [0.15, 0.2) is 0 Å². The van der Waals surface area contributed by atoms with E-state index in [1.54, 1.807) is 6.20 Å². The average Bonchev–Trinajstić information content (AvgIpc) is 2.94. The molecule has 1 aliphatic heterocycles. The van der Waals surface area contributed by atoms with Gasteiger partial charge in [-0.25, -0.2) is 4.98 Å². The Balaban J connectivity index is 0.00000132. The summed E-state index contributed by atoms with van der Waals surface area (Å²) < 4.78 is 7.80. The highest BCUT2D eigenvalue weighted by Crippen LogP contribution is 2.33. The van der Waals surface area contributed by atoms with Crippen molar-refractivity contribution in [1.29, 1.82) is 0 Å². The monoisotopic (exact) mass is 397 g/mol. The number of morpholine rings is 1. The fourth-order valence-electron chi connectivity index (χ4n) is 2.52. The minimum absolute atomic E-state index is 0. The van der Waals surface area contributed by atoms with Crippen molar-refractivity contribution in [2.24, 2.45) is 0 Å². The SMILES string of the molecule is Cl.Cl.Clc1cccc(Cl)c1-c1nccn1CCC1CNCCO1. The number of imidazole rings is 1. The summed E-state index contributed by atoms with van der Waals surface area (Å²) in [5, 5.41) is 4.57. The molecule has 23 heavy (non-hydrogen) atoms. The lowest BCUT2D eigenvalue weighted by atomic mass is 10.2. The van der Waals surface area contributed by atoms with Crippen molar-refractivity contribution in [2.75, 3.05) is 19.7 Å². The third kappa shape index (κ3) is 4.99. The largest absolute Gasteiger partial charge is 0.376 e. The number of hydrogen-bond donors (Lipinski definition) is 1. The van der Waals surface area contributed by atoms with E-state index in [0.717, 1.165) is 44.0 Å². The molecule has 1 N–H and O–H groups in total. The maximum absolute atomic E-state index is 6.27. The number of rotatable bonds is 4. The smallest absolute Gasteiger partial charge is 0.142 e. The van der Waals surface area contributed by atoms with Gasteiger partial charge in [-0.3, -0.25) is 0 Å². The first-order valence-corrected chi connectivity index (χ1v) is 7.79. The average molecular weight is 399 g/mol. The zero-order valence-electron chi connectivity index (χ0n) is 12.4. The van der Waals surface area contributed by atoms with E-state index in [-0.39, 0.29) is 30.9 Å². The lowest BCUT2D eigenvalue weighted by Gasteiger charge is -2.24. The molecule has 8 heteroatoms. The fraction of sp³-hybridized carbons (Fsp3) is 0.400. The van der Waals surface area contributed by atoms with Crippen LogP contribution in [0.25, 0.3) is 11.4 Å². The Morgan fingerprint density at radius 1 is 1.26 bits per heavy atom. The molecule has 1 aromatic heterocycles. The Bertz CT molecular complexity index is 594. The summed E-state index contributed by atoms with van der Waals surface area (Å²) in [6.07, 6.45) is 4.90. The topological polar surface area (TPSA) is 39.1 Å². The maximum Gasteiger partial charge on any atom is 0.142 e. The van der Waals surface area contributed by atoms with Gasteiger partial charge in [-0.2, -0.15) is 0 Å². The molecular weight excluding hydrogens is 380 g/mol. The van der Waals surface area contributed by atoms with E-state index in [4.69, 9.17) is 27.9 Å². The number of nitrogens with one attached hydrogen (secondary N) is 1. The zero-order valence-corrected chi connectivity index (χ0v) is 15.5. The number of ether oxygens (including phenoxy) is 1. The van der Waals surface area contributed by atoms with Crippen LogP contribution in [0.4, 0.5) is 0 Å². The number of aryl methyl sites for hydroxylation is 1. The Kier molecular flexibility index (Phi) is 8.69. The fourth-order valence-corrected chi connectivity index (χ4v) is 3.08. The first-order chi connectivity index (χ1) is 10.3. The molecule has 4 nitrogen and oxygen atoms in total. The molecule has 0 amide bonds. The van der Waals surface area contributed by atoms with Gasteiger partial charge >= 0.3 is 0 Å². The molecule has 0 saturated carbocycles. The molecule has 1 unspecified atom stereocenters. The molecule has 1 saturated heterocycles. The zero-order chi connectivity index (χ0) is 14.7. The molecule has 1 fully saturated rings. The van der Waals surface area contributed by atoms with Crippen LogP contribution in [0.15, 0.2) is 30.6 Å². The molecule has 1 atom stereocenters. The summed E-state index contributed by atoms with van der Waals surface area (Å²) in [7, 11) is 0. The van der Waals surface area contributed by atoms with Crippen LogP contribution in [0.3, 0.4) is 0 Å². The van der Waals surface area contributed by atoms with Gasteiger partial charge in [-0.05, 0) is 18.6 Å². The number of nitrogens with zero attached hydrogens (tertiary/aromatic N) is 2. The van der Waals surface area contributed by atoms with Crippen LogP contribution in [-0.2, 0) is 11.3 Å². The summed E-state index contributed by atoms with van der Waals surface area (Å²) in [4.78, 5) is 4.41. The summed E-state index contributed by atoms with van der Waals surface area (Å²) in [6, 6.07) is 5.49. The minimum atomic E-state index is 0. The minimum Gasteiger partial charge on any atom is -0.376 e. The third-order valence-corrected chi connectivity index (χ3v) is 4.23. The Morgan fingerprint density at radius 2 is 2.00 bits per heavy atom. The highest BCUT2D eigenvalue weighted by atomic mass is 35.5. The van der Waals surface area contributed by atoms with Gasteiger partial charge in [0.2, 0.25) is 0 Å². The molecule has 2 aromatic rings. The van der Waals surface area contributed by atoms with Gasteiger partial charge in [0.05, 0.1) is 28.3 Å². The molecule has 0 aliphatic carbocycles. The number of benzene rings is 1. The second-order valence-electron chi connectivity index (χ2n) is 5.03. The van der Waals surface area contributed by atoms with Crippen molar-refractivity contribution in [1.82, 2.24) is 14.9 Å². The summed E-state index contributed by atoms with van der Waals surface area (Å²) in [6.45, 7) is 3.43. The molecule has 128 valence electrons. The first kappa shape index (κ1) is 20.6. The Hall–Kier alpha value is -0.490. The van der Waals surface area contributed by atoms with E-state index < -0.39 is 0 Å². The summed E-state index contributed by atoms with van der Waals surface area (Å²) in [5.41, 5.74) is 0.786. The van der Waals surface area contributed by atoms with Crippen LogP contribution in [0, 0.1) is 0 Å². The van der Waals surface area contributed by atoms with Crippen LogP contribution in [0.1, 0.15) is 6.42 Å². The van der Waals surface area contributed by atoms with Crippen LogP contribution in [-0.4, -0.2) is 35.4 Å². The van der Waals surface area contributed by atoms with Gasteiger partial charge in [0.1, 0.15) is 5.82 Å². The van der Waals surface area contributed by atoms with E-state index in [2.05, 4.69) is 14.9 Å². The maximum atomic E-state index is 6.27. The number of halogens is 4. The van der Waals surface area contributed by atoms with Gasteiger partial charge in [-0.15, -0.1) is 24.8 Å². The molecule has 0 bridgehead atoms. The Labute approximate surface area is 158 Å². The summed E-state index contributed by atoms with van der Waals surface area (Å²) in [5.74, 6) is 0.800. The van der Waals surface area contributed by atoms with Crippen molar-refractivity contribution in [3.05, 3.63) is 40.6 Å². The van der Waals surface area contributed by atoms with Crippen molar-refractivity contribution < 1.29 is 4.74 Å². The van der Waals surface area contributed by atoms with E-state index in [0.29, 0.717) is 10.0 Å². The van der Waals surface area contributed by atoms with E-state index in [9.17, 15) is 0 Å². The normalized spacial score (nSPS) is 17.2. The van der Waals surface area contributed by atoms with Crippen molar-refractivity contribution >= 4 is 48.0 Å². The van der Waals surface area contributed by atoms with Crippen molar-refractivity contribution in [3.63, 3.8) is 0 Å². The van der Waals surface area contributed by atoms with Crippen LogP contribution >= 0.6 is 48.0 Å². The number of aromatic nitrogens is 2. The van der Waals surface area contributed by atoms with E-state index in [1.807, 2.05) is 24.4 Å². The van der Waals surface area contributed by atoms with Gasteiger partial charge in [-0.1, -0.05) is 29.3 Å². The molecule has 2 heterocycles. The lowest BCUT2D eigenvalue weighted by molar-refractivity contribution is 0.0211. The predicted molar refractivity (Wildman–Crippen MR) is 99.4 cm³/mol. The van der Waals surface area contributed by atoms with Crippen LogP contribution in [0.2, 0.25) is 10.0 Å². The molecule has 1 aliphatic rings. The summed E-state index contributed by atoms with van der Waals surface area (Å²) >= 11 is 12.5. The van der Waals surface area contributed by atoms with Crippen molar-refractivity contribution in [2.45, 2.75) is 19.1 Å². The second-order valence-corrected chi connectivity index (χ2v) is 5.84. The quantitative estimate of drug-likeness (QED) is 0.843. The van der Waals surface area contributed by atoms with Crippen LogP contribution < -0.4 is 5.32 Å². The highest BCUT2D eigenvalue weighted by molar-refractivity contribution is 6.38. The van der Waals surface area contributed by atoms with Crippen LogP contribution in [0.5, 0.6) is 0 Å². The molecular formula is C15H19Cl4N3O.